The molecule has 0 aliphatic carbocycles. The Morgan fingerprint density at radius 3 is 2.80 bits per heavy atom. The first-order chi connectivity index (χ1) is 12.2. The van der Waals surface area contributed by atoms with Crippen LogP contribution in [0.2, 0.25) is 5.02 Å². The van der Waals surface area contributed by atoms with E-state index in [0.717, 1.165) is 16.5 Å². The van der Waals surface area contributed by atoms with Gasteiger partial charge in [0.05, 0.1) is 5.52 Å². The standard InChI is InChI=1S/C20H16ClNO3/c21-17-7-2-8-18(14-17)24-12-13-25-19(23)10-9-16-5-1-4-15-6-3-11-22-20(15)16/h1-11,14H,12-13H2/b10-9+. The maximum Gasteiger partial charge on any atom is 0.330 e. The number of carbonyl (C=O) groups is 1. The van der Waals surface area contributed by atoms with Gasteiger partial charge in [0.15, 0.2) is 0 Å². The van der Waals surface area contributed by atoms with Crippen molar-refractivity contribution in [3.63, 3.8) is 0 Å². The number of aromatic nitrogens is 1. The quantitative estimate of drug-likeness (QED) is 0.371. The summed E-state index contributed by atoms with van der Waals surface area (Å²) >= 11 is 5.87. The molecular weight excluding hydrogens is 338 g/mol. The molecule has 4 nitrogen and oxygen atoms in total. The third-order valence-electron chi connectivity index (χ3n) is 3.46. The SMILES string of the molecule is O=C(/C=C/c1cccc2cccnc12)OCCOc1cccc(Cl)c1. The van der Waals surface area contributed by atoms with E-state index in [2.05, 4.69) is 4.98 Å². The fourth-order valence-electron chi connectivity index (χ4n) is 2.33. The van der Waals surface area contributed by atoms with E-state index < -0.39 is 5.97 Å². The van der Waals surface area contributed by atoms with Crippen LogP contribution < -0.4 is 4.74 Å². The molecule has 0 fully saturated rings. The average Bonchev–Trinajstić information content (AvgIpc) is 2.63. The Bertz CT molecular complexity index is 903. The molecule has 3 rings (SSSR count). The van der Waals surface area contributed by atoms with Crippen LogP contribution in [0, 0.1) is 0 Å². The van der Waals surface area contributed by atoms with Crippen molar-refractivity contribution >= 4 is 34.5 Å². The zero-order valence-corrected chi connectivity index (χ0v) is 14.1. The van der Waals surface area contributed by atoms with E-state index in [1.54, 1.807) is 36.5 Å². The maximum atomic E-state index is 11.8. The maximum absolute atomic E-state index is 11.8. The third kappa shape index (κ3) is 4.81. The molecule has 1 aromatic heterocycles. The number of pyridine rings is 1. The van der Waals surface area contributed by atoms with Crippen molar-refractivity contribution < 1.29 is 14.3 Å². The first-order valence-electron chi connectivity index (χ1n) is 7.79. The highest BCUT2D eigenvalue weighted by molar-refractivity contribution is 6.30. The van der Waals surface area contributed by atoms with E-state index in [9.17, 15) is 4.79 Å². The van der Waals surface area contributed by atoms with E-state index >= 15 is 0 Å². The summed E-state index contributed by atoms with van der Waals surface area (Å²) in [4.78, 5) is 16.2. The molecule has 1 heterocycles. The summed E-state index contributed by atoms with van der Waals surface area (Å²) in [7, 11) is 0. The van der Waals surface area contributed by atoms with E-state index in [1.165, 1.54) is 6.08 Å². The monoisotopic (exact) mass is 353 g/mol. The number of esters is 1. The van der Waals surface area contributed by atoms with Crippen molar-refractivity contribution in [2.75, 3.05) is 13.2 Å². The first kappa shape index (κ1) is 17.0. The average molecular weight is 354 g/mol. The molecule has 0 N–H and O–H groups in total. The Morgan fingerprint density at radius 1 is 1.08 bits per heavy atom. The minimum Gasteiger partial charge on any atom is -0.490 e. The summed E-state index contributed by atoms with van der Waals surface area (Å²) in [5.74, 6) is 0.212. The lowest BCUT2D eigenvalue weighted by molar-refractivity contribution is -0.138. The predicted octanol–water partition coefficient (Wildman–Crippen LogP) is 4.52. The van der Waals surface area contributed by atoms with Crippen molar-refractivity contribution in [2.45, 2.75) is 0 Å². The molecule has 0 spiro atoms. The Labute approximate surface area is 150 Å². The Kier molecular flexibility index (Phi) is 5.65. The summed E-state index contributed by atoms with van der Waals surface area (Å²) in [5.41, 5.74) is 1.71. The first-order valence-corrected chi connectivity index (χ1v) is 8.17. The van der Waals surface area contributed by atoms with E-state index in [4.69, 9.17) is 21.1 Å². The molecule has 0 saturated heterocycles. The number of benzene rings is 2. The molecule has 0 saturated carbocycles. The summed E-state index contributed by atoms with van der Waals surface area (Å²) in [6.45, 7) is 0.416. The molecular formula is C20H16ClNO3. The van der Waals surface area contributed by atoms with Gasteiger partial charge in [-0.05, 0) is 30.3 Å². The van der Waals surface area contributed by atoms with Crippen LogP contribution in [0.5, 0.6) is 5.75 Å². The second-order valence-corrected chi connectivity index (χ2v) is 5.67. The Balaban J connectivity index is 1.51. The minimum absolute atomic E-state index is 0.156. The lowest BCUT2D eigenvalue weighted by atomic mass is 10.1. The van der Waals surface area contributed by atoms with Gasteiger partial charge in [-0.1, -0.05) is 41.9 Å². The Hall–Kier alpha value is -2.85. The van der Waals surface area contributed by atoms with Gasteiger partial charge in [-0.15, -0.1) is 0 Å². The highest BCUT2D eigenvalue weighted by Gasteiger charge is 2.01. The van der Waals surface area contributed by atoms with Crippen molar-refractivity contribution in [3.05, 3.63) is 77.5 Å². The molecule has 0 aliphatic rings. The normalized spacial score (nSPS) is 10.9. The van der Waals surface area contributed by atoms with E-state index in [0.29, 0.717) is 10.8 Å². The molecule has 25 heavy (non-hydrogen) atoms. The smallest absolute Gasteiger partial charge is 0.330 e. The molecule has 0 atom stereocenters. The fraction of sp³-hybridized carbons (Fsp3) is 0.100. The lowest BCUT2D eigenvalue weighted by Crippen LogP contribution is -2.10. The van der Waals surface area contributed by atoms with Gasteiger partial charge in [0, 0.05) is 28.2 Å². The number of hydrogen-bond acceptors (Lipinski definition) is 4. The summed E-state index contributed by atoms with van der Waals surface area (Å²) in [6, 6.07) is 16.7. The number of nitrogens with zero attached hydrogens (tertiary/aromatic N) is 1. The highest BCUT2D eigenvalue weighted by Crippen LogP contribution is 2.18. The molecule has 5 heteroatoms. The molecule has 0 radical (unpaired) electrons. The Morgan fingerprint density at radius 2 is 1.92 bits per heavy atom. The second kappa shape index (κ2) is 8.31. The van der Waals surface area contributed by atoms with Crippen LogP contribution in [0.3, 0.4) is 0 Å². The zero-order valence-electron chi connectivity index (χ0n) is 13.4. The van der Waals surface area contributed by atoms with E-state index in [1.807, 2.05) is 30.3 Å². The predicted molar refractivity (Wildman–Crippen MR) is 98.7 cm³/mol. The fourth-order valence-corrected chi connectivity index (χ4v) is 2.51. The van der Waals surface area contributed by atoms with Gasteiger partial charge in [0.1, 0.15) is 19.0 Å². The molecule has 2 aromatic carbocycles. The van der Waals surface area contributed by atoms with Crippen LogP contribution in [0.4, 0.5) is 0 Å². The van der Waals surface area contributed by atoms with Crippen LogP contribution in [0.25, 0.3) is 17.0 Å². The molecule has 0 amide bonds. The second-order valence-electron chi connectivity index (χ2n) is 5.23. The van der Waals surface area contributed by atoms with Gasteiger partial charge in [-0.3, -0.25) is 4.98 Å². The number of hydrogen-bond donors (Lipinski definition) is 0. The highest BCUT2D eigenvalue weighted by atomic mass is 35.5. The van der Waals surface area contributed by atoms with Gasteiger partial charge < -0.3 is 9.47 Å². The van der Waals surface area contributed by atoms with Gasteiger partial charge in [-0.25, -0.2) is 4.79 Å². The van der Waals surface area contributed by atoms with Crippen molar-refractivity contribution in [1.82, 2.24) is 4.98 Å². The number of fused-ring (bicyclic) bond motifs is 1. The zero-order chi connectivity index (χ0) is 17.5. The van der Waals surface area contributed by atoms with E-state index in [-0.39, 0.29) is 13.2 Å². The molecule has 0 bridgehead atoms. The summed E-state index contributed by atoms with van der Waals surface area (Å²) < 4.78 is 10.6. The van der Waals surface area contributed by atoms with Gasteiger partial charge >= 0.3 is 5.97 Å². The van der Waals surface area contributed by atoms with Crippen LogP contribution >= 0.6 is 11.6 Å². The van der Waals surface area contributed by atoms with Crippen molar-refractivity contribution in [1.29, 1.82) is 0 Å². The van der Waals surface area contributed by atoms with Crippen LogP contribution in [-0.4, -0.2) is 24.2 Å². The van der Waals surface area contributed by atoms with Gasteiger partial charge in [-0.2, -0.15) is 0 Å². The number of rotatable bonds is 6. The number of ether oxygens (including phenoxy) is 2. The van der Waals surface area contributed by atoms with Gasteiger partial charge in [0.25, 0.3) is 0 Å². The molecule has 0 aliphatic heterocycles. The summed E-state index contributed by atoms with van der Waals surface area (Å²) in [5, 5.41) is 1.62. The number of carbonyl (C=O) groups excluding carboxylic acids is 1. The largest absolute Gasteiger partial charge is 0.490 e. The van der Waals surface area contributed by atoms with Crippen LogP contribution in [0.1, 0.15) is 5.56 Å². The third-order valence-corrected chi connectivity index (χ3v) is 3.69. The lowest BCUT2D eigenvalue weighted by Gasteiger charge is -2.06. The van der Waals surface area contributed by atoms with Crippen LogP contribution in [0.15, 0.2) is 66.9 Å². The topological polar surface area (TPSA) is 48.4 Å². The number of para-hydroxylation sites is 1. The molecule has 3 aromatic rings. The number of halogens is 1. The van der Waals surface area contributed by atoms with Crippen LogP contribution in [-0.2, 0) is 9.53 Å². The molecule has 126 valence electrons. The molecule has 0 unspecified atom stereocenters. The van der Waals surface area contributed by atoms with Crippen molar-refractivity contribution in [2.24, 2.45) is 0 Å². The minimum atomic E-state index is -0.428. The summed E-state index contributed by atoms with van der Waals surface area (Å²) in [6.07, 6.45) is 4.82. The van der Waals surface area contributed by atoms with Crippen molar-refractivity contribution in [3.8, 4) is 5.75 Å². The van der Waals surface area contributed by atoms with Gasteiger partial charge in [0.2, 0.25) is 0 Å².